The Bertz CT molecular complexity index is 446. The normalized spacial score (nSPS) is 17.8. The van der Waals surface area contributed by atoms with Crippen LogP contribution >= 0.6 is 0 Å². The Balaban J connectivity index is 2.41. The third-order valence-electron chi connectivity index (χ3n) is 3.57. The lowest BCUT2D eigenvalue weighted by Gasteiger charge is -2.36. The van der Waals surface area contributed by atoms with Crippen LogP contribution in [0.3, 0.4) is 0 Å². The van der Waals surface area contributed by atoms with E-state index in [-0.39, 0.29) is 5.41 Å². The Morgan fingerprint density at radius 1 is 1.39 bits per heavy atom. The van der Waals surface area contributed by atoms with Crippen LogP contribution in [0.2, 0.25) is 0 Å². The van der Waals surface area contributed by atoms with Gasteiger partial charge in [0.25, 0.3) is 0 Å². The van der Waals surface area contributed by atoms with Gasteiger partial charge in [-0.05, 0) is 18.9 Å². The number of isocyanates is 1. The largest absolute Gasteiger partial charge is 0.496 e. The maximum Gasteiger partial charge on any atom is 0.234 e. The van der Waals surface area contributed by atoms with Crippen molar-refractivity contribution in [1.29, 1.82) is 0 Å². The maximum atomic E-state index is 10.4. The van der Waals surface area contributed by atoms with E-state index in [9.17, 15) is 4.79 Å². The molecule has 0 aromatic heterocycles. The second-order valence-electron chi connectivity index (χ2n) is 4.50. The van der Waals surface area contributed by atoms with Gasteiger partial charge in [0.15, 0.2) is 0 Å². The first kappa shape index (κ1) is 12.8. The van der Waals surface area contributed by atoms with E-state index in [1.54, 1.807) is 13.2 Å². The molecule has 4 heteroatoms. The van der Waals surface area contributed by atoms with E-state index < -0.39 is 0 Å². The highest BCUT2D eigenvalue weighted by molar-refractivity contribution is 5.41. The molecular weight excluding hydrogens is 230 g/mol. The molecule has 0 saturated carbocycles. The first-order valence-corrected chi connectivity index (χ1v) is 6.07. The number of aliphatic imine (C=N–C) groups is 1. The summed E-state index contributed by atoms with van der Waals surface area (Å²) in [5.41, 5.74) is 0.942. The second kappa shape index (κ2) is 5.80. The number of rotatable bonds is 4. The van der Waals surface area contributed by atoms with Crippen molar-refractivity contribution in [3.05, 3.63) is 29.8 Å². The number of methoxy groups -OCH3 is 1. The molecule has 0 N–H and O–H groups in total. The van der Waals surface area contributed by atoms with Crippen LogP contribution < -0.4 is 4.74 Å². The van der Waals surface area contributed by atoms with Gasteiger partial charge in [0.2, 0.25) is 6.08 Å². The number of para-hydroxylation sites is 1. The van der Waals surface area contributed by atoms with Crippen molar-refractivity contribution in [3.63, 3.8) is 0 Å². The zero-order valence-electron chi connectivity index (χ0n) is 10.5. The maximum absolute atomic E-state index is 10.4. The summed E-state index contributed by atoms with van der Waals surface area (Å²) in [6.07, 6.45) is 3.33. The summed E-state index contributed by atoms with van der Waals surface area (Å²) < 4.78 is 10.8. The topological polar surface area (TPSA) is 47.9 Å². The Morgan fingerprint density at radius 2 is 2.11 bits per heavy atom. The second-order valence-corrected chi connectivity index (χ2v) is 4.50. The minimum absolute atomic E-state index is 0.164. The smallest absolute Gasteiger partial charge is 0.234 e. The van der Waals surface area contributed by atoms with Gasteiger partial charge in [-0.25, -0.2) is 9.79 Å². The van der Waals surface area contributed by atoms with E-state index >= 15 is 0 Å². The summed E-state index contributed by atoms with van der Waals surface area (Å²) in [5, 5.41) is 0. The van der Waals surface area contributed by atoms with Gasteiger partial charge < -0.3 is 9.47 Å². The molecule has 18 heavy (non-hydrogen) atoms. The standard InChI is InChI=1S/C14H17NO3/c1-17-13-5-3-2-4-12(13)14(10-15-11-16)6-8-18-9-7-14/h2-5H,6-10H2,1H3. The van der Waals surface area contributed by atoms with E-state index in [0.29, 0.717) is 19.8 Å². The molecule has 0 aliphatic carbocycles. The molecule has 2 rings (SSSR count). The van der Waals surface area contributed by atoms with Crippen molar-refractivity contribution in [2.45, 2.75) is 18.3 Å². The molecule has 0 radical (unpaired) electrons. The number of hydrogen-bond donors (Lipinski definition) is 0. The SMILES string of the molecule is COc1ccccc1C1(CN=C=O)CCOCC1. The van der Waals surface area contributed by atoms with Crippen LogP contribution in [0.25, 0.3) is 0 Å². The average Bonchev–Trinajstić information content (AvgIpc) is 2.46. The van der Waals surface area contributed by atoms with Crippen LogP contribution in [-0.2, 0) is 14.9 Å². The molecule has 0 unspecified atom stereocenters. The molecule has 1 aliphatic rings. The zero-order valence-corrected chi connectivity index (χ0v) is 10.5. The van der Waals surface area contributed by atoms with Gasteiger partial charge >= 0.3 is 0 Å². The van der Waals surface area contributed by atoms with Crippen LogP contribution in [0.4, 0.5) is 0 Å². The van der Waals surface area contributed by atoms with Crippen molar-refractivity contribution >= 4 is 6.08 Å². The summed E-state index contributed by atoms with van der Waals surface area (Å²) in [6, 6.07) is 7.92. The first-order chi connectivity index (χ1) is 8.82. The lowest BCUT2D eigenvalue weighted by atomic mass is 9.74. The van der Waals surface area contributed by atoms with Gasteiger partial charge in [0.1, 0.15) is 5.75 Å². The highest BCUT2D eigenvalue weighted by Crippen LogP contribution is 2.39. The third kappa shape index (κ3) is 2.45. The summed E-state index contributed by atoms with van der Waals surface area (Å²) in [7, 11) is 1.66. The molecule has 1 fully saturated rings. The van der Waals surface area contributed by atoms with Gasteiger partial charge in [-0.15, -0.1) is 0 Å². The predicted octanol–water partition coefficient (Wildman–Crippen LogP) is 2.08. The quantitative estimate of drug-likeness (QED) is 0.604. The van der Waals surface area contributed by atoms with Gasteiger partial charge in [-0.3, -0.25) is 0 Å². The third-order valence-corrected chi connectivity index (χ3v) is 3.57. The molecule has 0 spiro atoms. The van der Waals surface area contributed by atoms with E-state index in [1.165, 1.54) is 0 Å². The summed E-state index contributed by atoms with van der Waals surface area (Å²) in [5.74, 6) is 0.848. The molecule has 1 aromatic carbocycles. The molecule has 1 aromatic rings. The molecule has 0 bridgehead atoms. The van der Waals surface area contributed by atoms with Crippen LogP contribution in [0.1, 0.15) is 18.4 Å². The number of hydrogen-bond acceptors (Lipinski definition) is 4. The van der Waals surface area contributed by atoms with Crippen molar-refractivity contribution in [2.75, 3.05) is 26.9 Å². The van der Waals surface area contributed by atoms with E-state index in [1.807, 2.05) is 24.3 Å². The Hall–Kier alpha value is -1.64. The van der Waals surface area contributed by atoms with Crippen LogP contribution in [0.5, 0.6) is 5.75 Å². The fraction of sp³-hybridized carbons (Fsp3) is 0.500. The summed E-state index contributed by atoms with van der Waals surface area (Å²) in [4.78, 5) is 14.2. The number of nitrogens with zero attached hydrogens (tertiary/aromatic N) is 1. The van der Waals surface area contributed by atoms with E-state index in [2.05, 4.69) is 4.99 Å². The number of benzene rings is 1. The molecule has 0 atom stereocenters. The first-order valence-electron chi connectivity index (χ1n) is 6.07. The van der Waals surface area contributed by atoms with Crippen LogP contribution in [-0.4, -0.2) is 32.9 Å². The highest BCUT2D eigenvalue weighted by atomic mass is 16.5. The molecule has 1 heterocycles. The van der Waals surface area contributed by atoms with E-state index in [0.717, 1.165) is 24.2 Å². The van der Waals surface area contributed by atoms with Gasteiger partial charge in [-0.2, -0.15) is 0 Å². The van der Waals surface area contributed by atoms with Crippen molar-refractivity contribution in [3.8, 4) is 5.75 Å². The molecular formula is C14H17NO3. The van der Waals surface area contributed by atoms with Gasteiger partial charge in [0.05, 0.1) is 13.7 Å². The Labute approximate surface area is 107 Å². The highest BCUT2D eigenvalue weighted by Gasteiger charge is 2.36. The average molecular weight is 247 g/mol. The number of ether oxygens (including phenoxy) is 2. The molecule has 1 saturated heterocycles. The molecule has 1 aliphatic heterocycles. The monoisotopic (exact) mass is 247 g/mol. The van der Waals surface area contributed by atoms with Crippen LogP contribution in [0.15, 0.2) is 29.3 Å². The van der Waals surface area contributed by atoms with Crippen molar-refractivity contribution in [1.82, 2.24) is 0 Å². The molecule has 4 nitrogen and oxygen atoms in total. The lowest BCUT2D eigenvalue weighted by Crippen LogP contribution is -2.37. The van der Waals surface area contributed by atoms with Crippen LogP contribution in [0, 0.1) is 0 Å². The molecule has 0 amide bonds. The van der Waals surface area contributed by atoms with Crippen molar-refractivity contribution in [2.24, 2.45) is 4.99 Å². The van der Waals surface area contributed by atoms with Gasteiger partial charge in [-0.1, -0.05) is 18.2 Å². The fourth-order valence-corrected chi connectivity index (χ4v) is 2.54. The van der Waals surface area contributed by atoms with E-state index in [4.69, 9.17) is 9.47 Å². The lowest BCUT2D eigenvalue weighted by molar-refractivity contribution is 0.0523. The van der Waals surface area contributed by atoms with Crippen molar-refractivity contribution < 1.29 is 14.3 Å². The number of carbonyl (C=O) groups excluding carboxylic acids is 1. The van der Waals surface area contributed by atoms with Gasteiger partial charge in [0, 0.05) is 24.2 Å². The minimum atomic E-state index is -0.164. The molecule has 96 valence electrons. The Kier molecular flexibility index (Phi) is 4.13. The predicted molar refractivity (Wildman–Crippen MR) is 67.7 cm³/mol. The fourth-order valence-electron chi connectivity index (χ4n) is 2.54. The summed E-state index contributed by atoms with van der Waals surface area (Å²) >= 11 is 0. The Morgan fingerprint density at radius 3 is 2.78 bits per heavy atom. The zero-order chi connectivity index (χ0) is 12.8. The summed E-state index contributed by atoms with van der Waals surface area (Å²) in [6.45, 7) is 1.82. The minimum Gasteiger partial charge on any atom is -0.496 e.